The molecule has 4 heterocycles. The highest BCUT2D eigenvalue weighted by atomic mass is 16.6. The number of aliphatic hydroxyl groups excluding tert-OH is 1. The normalized spacial score (nSPS) is 22.6. The molecule has 4 aromatic rings. The number of aromatic hydroxyl groups is 3. The van der Waals surface area contributed by atoms with E-state index in [1.807, 2.05) is 0 Å². The van der Waals surface area contributed by atoms with E-state index in [1.54, 1.807) is 42.5 Å². The van der Waals surface area contributed by atoms with Crippen molar-refractivity contribution in [3.8, 4) is 34.5 Å². The van der Waals surface area contributed by atoms with Gasteiger partial charge in [-0.1, -0.05) is 24.3 Å². The van der Waals surface area contributed by atoms with E-state index in [0.717, 1.165) is 0 Å². The summed E-state index contributed by atoms with van der Waals surface area (Å²) in [4.78, 5) is 26.4. The molecule has 1 aliphatic carbocycles. The van der Waals surface area contributed by atoms with Crippen LogP contribution in [0.25, 0.3) is 0 Å². The fraction of sp³-hybridized carbons (Fsp3) is 0.118. The number of rotatable bonds is 0. The number of carbonyl (C=O) groups is 2. The monoisotopic (exact) mass is 588 g/mol. The molecule has 4 aliphatic heterocycles. The second-order valence-corrected chi connectivity index (χ2v) is 11.3. The third-order valence-corrected chi connectivity index (χ3v) is 9.09. The minimum atomic E-state index is -1.66. The Morgan fingerprint density at radius 1 is 0.682 bits per heavy atom. The number of carbonyl (C=O) groups excluding carboxylic acids is 2. The molecule has 4 N–H and O–H groups in total. The standard InChI is InChI=1S/C34H20O10/c35-16-1-4-21-26(10-16)42-27-11-17(36)2-5-22(27)33(21)29(38)8-7-24-30(33)43-28-12-18(37)3-6-23(28)34(24)25-13-19-15(14-41-31(19)39)9-20(25)32(40)44-34/h1-13,29,35-38H,14H2. The lowest BCUT2D eigenvalue weighted by Gasteiger charge is -2.49. The molecule has 10 nitrogen and oxygen atoms in total. The summed E-state index contributed by atoms with van der Waals surface area (Å²) in [5, 5.41) is 43.3. The third-order valence-electron chi connectivity index (χ3n) is 9.09. The molecule has 0 saturated heterocycles. The number of hydrogen-bond acceptors (Lipinski definition) is 10. The topological polar surface area (TPSA) is 152 Å². The number of phenols is 3. The van der Waals surface area contributed by atoms with Crippen molar-refractivity contribution in [3.05, 3.63) is 129 Å². The highest BCUT2D eigenvalue weighted by Gasteiger charge is 2.62. The summed E-state index contributed by atoms with van der Waals surface area (Å²) in [6, 6.07) is 16.6. The summed E-state index contributed by atoms with van der Waals surface area (Å²) in [5.41, 5.74) is -0.101. The van der Waals surface area contributed by atoms with Gasteiger partial charge in [0, 0.05) is 51.6 Å². The van der Waals surface area contributed by atoms with Gasteiger partial charge in [0.25, 0.3) is 0 Å². The quantitative estimate of drug-likeness (QED) is 0.215. The van der Waals surface area contributed by atoms with Gasteiger partial charge in [0.05, 0.1) is 17.2 Å². The average Bonchev–Trinajstić information content (AvgIpc) is 3.50. The van der Waals surface area contributed by atoms with Crippen molar-refractivity contribution in [3.63, 3.8) is 0 Å². The van der Waals surface area contributed by atoms with Gasteiger partial charge in [0.2, 0.25) is 0 Å². The molecule has 4 aromatic carbocycles. The van der Waals surface area contributed by atoms with Crippen LogP contribution in [0.1, 0.15) is 48.5 Å². The number of ether oxygens (including phenoxy) is 4. The van der Waals surface area contributed by atoms with Gasteiger partial charge >= 0.3 is 11.9 Å². The van der Waals surface area contributed by atoms with Gasteiger partial charge in [0.1, 0.15) is 52.3 Å². The maximum Gasteiger partial charge on any atom is 0.340 e. The molecule has 10 heteroatoms. The first-order chi connectivity index (χ1) is 21.2. The molecule has 2 unspecified atom stereocenters. The van der Waals surface area contributed by atoms with Crippen molar-refractivity contribution in [2.24, 2.45) is 0 Å². The second-order valence-electron chi connectivity index (χ2n) is 11.3. The molecule has 5 aliphatic rings. The molecule has 0 amide bonds. The van der Waals surface area contributed by atoms with Crippen LogP contribution in [0.3, 0.4) is 0 Å². The van der Waals surface area contributed by atoms with E-state index in [0.29, 0.717) is 39.0 Å². The van der Waals surface area contributed by atoms with Crippen LogP contribution in [-0.2, 0) is 27.1 Å². The predicted molar refractivity (Wildman–Crippen MR) is 150 cm³/mol. The fourth-order valence-corrected chi connectivity index (χ4v) is 7.26. The number of benzene rings is 4. The first kappa shape index (κ1) is 24.8. The Morgan fingerprint density at radius 2 is 1.30 bits per heavy atom. The Hall–Kier alpha value is -5.74. The second kappa shape index (κ2) is 8.00. The Kier molecular flexibility index (Phi) is 4.51. The van der Waals surface area contributed by atoms with Gasteiger partial charge in [0.15, 0.2) is 5.60 Å². The van der Waals surface area contributed by atoms with Crippen LogP contribution in [-0.4, -0.2) is 38.5 Å². The van der Waals surface area contributed by atoms with E-state index in [-0.39, 0.29) is 52.4 Å². The molecule has 2 atom stereocenters. The van der Waals surface area contributed by atoms with Gasteiger partial charge in [-0.3, -0.25) is 0 Å². The zero-order valence-electron chi connectivity index (χ0n) is 22.5. The highest BCUT2D eigenvalue weighted by Crippen LogP contribution is 2.63. The molecular formula is C34H20O10. The van der Waals surface area contributed by atoms with Crippen LogP contribution in [0.2, 0.25) is 0 Å². The van der Waals surface area contributed by atoms with Crippen molar-refractivity contribution >= 4 is 11.9 Å². The first-order valence-electron chi connectivity index (χ1n) is 13.8. The molecule has 2 spiro atoms. The summed E-state index contributed by atoms with van der Waals surface area (Å²) in [5.74, 6) is -0.734. The first-order valence-corrected chi connectivity index (χ1v) is 13.8. The average molecular weight is 589 g/mol. The van der Waals surface area contributed by atoms with E-state index in [9.17, 15) is 30.0 Å². The van der Waals surface area contributed by atoms with Gasteiger partial charge in [-0.05, 0) is 36.4 Å². The van der Waals surface area contributed by atoms with Crippen LogP contribution in [0.4, 0.5) is 0 Å². The zero-order chi connectivity index (χ0) is 30.1. The molecule has 0 saturated carbocycles. The molecule has 0 bridgehead atoms. The van der Waals surface area contributed by atoms with Gasteiger partial charge in [-0.25, -0.2) is 9.59 Å². The lowest BCUT2D eigenvalue weighted by atomic mass is 9.61. The smallest absolute Gasteiger partial charge is 0.340 e. The minimum Gasteiger partial charge on any atom is -0.508 e. The van der Waals surface area contributed by atoms with E-state index < -0.39 is 29.1 Å². The van der Waals surface area contributed by atoms with Gasteiger partial charge < -0.3 is 39.4 Å². The molecule has 0 radical (unpaired) electrons. The van der Waals surface area contributed by atoms with Gasteiger partial charge in [-0.2, -0.15) is 0 Å². The predicted octanol–water partition coefficient (Wildman–Crippen LogP) is 4.56. The molecular weight excluding hydrogens is 568 g/mol. The summed E-state index contributed by atoms with van der Waals surface area (Å²) in [6.07, 6.45) is 1.91. The molecule has 44 heavy (non-hydrogen) atoms. The van der Waals surface area contributed by atoms with E-state index in [1.165, 1.54) is 36.4 Å². The van der Waals surface area contributed by atoms with E-state index in [2.05, 4.69) is 0 Å². The van der Waals surface area contributed by atoms with Crippen molar-refractivity contribution in [2.75, 3.05) is 0 Å². The Bertz CT molecular complexity index is 2060. The number of fused-ring (bicyclic) bond motifs is 11. The molecule has 0 fully saturated rings. The van der Waals surface area contributed by atoms with Crippen molar-refractivity contribution < 1.29 is 49.0 Å². The maximum atomic E-state index is 13.7. The van der Waals surface area contributed by atoms with Crippen LogP contribution >= 0.6 is 0 Å². The van der Waals surface area contributed by atoms with Crippen LogP contribution in [0.15, 0.2) is 90.2 Å². The Morgan fingerprint density at radius 3 is 1.95 bits per heavy atom. The highest BCUT2D eigenvalue weighted by molar-refractivity contribution is 6.01. The lowest BCUT2D eigenvalue weighted by Crippen LogP contribution is -2.51. The summed E-state index contributed by atoms with van der Waals surface area (Å²) >= 11 is 0. The van der Waals surface area contributed by atoms with E-state index in [4.69, 9.17) is 18.9 Å². The molecule has 0 aromatic heterocycles. The Balaban J connectivity index is 1.43. The van der Waals surface area contributed by atoms with Crippen molar-refractivity contribution in [2.45, 2.75) is 23.7 Å². The number of hydrogen-bond donors (Lipinski definition) is 4. The number of esters is 2. The summed E-state index contributed by atoms with van der Waals surface area (Å²) < 4.78 is 24.4. The van der Waals surface area contributed by atoms with Crippen LogP contribution in [0.5, 0.6) is 34.5 Å². The SMILES string of the molecule is O=C1OCc2cc3c(cc21)C1(OC3=O)C2=C(Oc3cc(O)ccc31)C1(c3ccc(O)cc3Oc3cc(O)ccc31)C(O)C=C2. The number of phenolic OH excluding ortho intramolecular Hbond substituents is 3. The Labute approximate surface area is 248 Å². The van der Waals surface area contributed by atoms with Crippen molar-refractivity contribution in [1.29, 1.82) is 0 Å². The fourth-order valence-electron chi connectivity index (χ4n) is 7.26. The van der Waals surface area contributed by atoms with Crippen LogP contribution in [0, 0.1) is 0 Å². The molecule has 216 valence electrons. The van der Waals surface area contributed by atoms with Crippen molar-refractivity contribution in [1.82, 2.24) is 0 Å². The van der Waals surface area contributed by atoms with Gasteiger partial charge in [-0.15, -0.1) is 0 Å². The summed E-state index contributed by atoms with van der Waals surface area (Å²) in [6.45, 7) is 0.0334. The molecule has 9 rings (SSSR count). The zero-order valence-corrected chi connectivity index (χ0v) is 22.5. The third kappa shape index (κ3) is 2.83. The maximum absolute atomic E-state index is 13.7. The van der Waals surface area contributed by atoms with Crippen LogP contribution < -0.4 is 9.47 Å². The minimum absolute atomic E-state index is 0.0334. The van der Waals surface area contributed by atoms with E-state index >= 15 is 0 Å². The number of aliphatic hydroxyl groups is 1. The summed E-state index contributed by atoms with van der Waals surface area (Å²) in [7, 11) is 0. The lowest BCUT2D eigenvalue weighted by molar-refractivity contribution is 0.0181. The largest absolute Gasteiger partial charge is 0.508 e. The number of cyclic esters (lactones) is 1.